The monoisotopic (exact) mass is 421 g/mol. The van der Waals surface area contributed by atoms with Crippen LogP contribution in [-0.2, 0) is 17.6 Å². The Kier molecular flexibility index (Phi) is 4.83. The van der Waals surface area contributed by atoms with Gasteiger partial charge >= 0.3 is 0 Å². The summed E-state index contributed by atoms with van der Waals surface area (Å²) in [5.41, 5.74) is 8.24. The maximum absolute atomic E-state index is 12.6. The van der Waals surface area contributed by atoms with Crippen LogP contribution in [0.4, 0.5) is 5.00 Å². The summed E-state index contributed by atoms with van der Waals surface area (Å²) in [7, 11) is 0. The Morgan fingerprint density at radius 2 is 2.26 bits per heavy atom. The quantitative estimate of drug-likeness (QED) is 0.546. The van der Waals surface area contributed by atoms with Crippen LogP contribution in [0.3, 0.4) is 0 Å². The molecule has 0 unspecified atom stereocenters. The zero-order valence-electron chi connectivity index (χ0n) is 14.3. The molecule has 4 N–H and O–H groups in total. The Bertz CT molecular complexity index is 1060. The van der Waals surface area contributed by atoms with Gasteiger partial charge in [0.05, 0.1) is 21.4 Å². The fourth-order valence-corrected chi connectivity index (χ4v) is 5.36. The number of aromatic nitrogens is 3. The van der Waals surface area contributed by atoms with Gasteiger partial charge in [0.15, 0.2) is 10.8 Å². The minimum atomic E-state index is -0.495. The maximum atomic E-state index is 12.6. The van der Waals surface area contributed by atoms with Crippen LogP contribution in [0.25, 0.3) is 11.2 Å². The second-order valence-corrected chi connectivity index (χ2v) is 9.11. The number of nitrogens with one attached hydrogen (secondary N) is 2. The van der Waals surface area contributed by atoms with Crippen molar-refractivity contribution in [2.75, 3.05) is 5.32 Å². The molecule has 1 aliphatic rings. The van der Waals surface area contributed by atoms with E-state index < -0.39 is 11.2 Å². The average molecular weight is 422 g/mol. The minimum Gasteiger partial charge on any atom is -0.365 e. The summed E-state index contributed by atoms with van der Waals surface area (Å²) in [4.78, 5) is 37.2. The van der Waals surface area contributed by atoms with Gasteiger partial charge in [-0.1, -0.05) is 23.4 Å². The zero-order valence-corrected chi connectivity index (χ0v) is 16.7. The molecule has 140 valence electrons. The number of carbonyl (C=O) groups excluding carboxylic acids is 2. The summed E-state index contributed by atoms with van der Waals surface area (Å²) in [5, 5.41) is 4.06. The second-order valence-electron chi connectivity index (χ2n) is 6.24. The summed E-state index contributed by atoms with van der Waals surface area (Å²) in [6, 6.07) is 1.73. The van der Waals surface area contributed by atoms with Gasteiger partial charge in [-0.3, -0.25) is 9.59 Å². The molecule has 7 nitrogen and oxygen atoms in total. The molecule has 0 bridgehead atoms. The molecule has 1 aliphatic carbocycles. The number of aromatic amines is 1. The molecule has 0 aliphatic heterocycles. The van der Waals surface area contributed by atoms with Crippen molar-refractivity contribution in [3.63, 3.8) is 0 Å². The number of carbonyl (C=O) groups is 2. The predicted octanol–water partition coefficient (Wildman–Crippen LogP) is 3.38. The number of amides is 2. The first-order chi connectivity index (χ1) is 12.9. The van der Waals surface area contributed by atoms with Gasteiger partial charge in [0.2, 0.25) is 5.91 Å². The highest BCUT2D eigenvalue weighted by Crippen LogP contribution is 2.39. The first-order valence-corrected chi connectivity index (χ1v) is 10.4. The SMILES string of the molecule is C[C@@H](Sc1nc2ncc(Cl)cc2[nH]1)C(=O)Nc1sc2c(c1C(N)=O)CCC2. The maximum Gasteiger partial charge on any atom is 0.251 e. The number of aryl methyl sites for hydroxylation is 1. The van der Waals surface area contributed by atoms with Crippen molar-refractivity contribution >= 4 is 62.7 Å². The Morgan fingerprint density at radius 3 is 3.04 bits per heavy atom. The van der Waals surface area contributed by atoms with Crippen LogP contribution in [0.15, 0.2) is 17.4 Å². The molecular weight excluding hydrogens is 406 g/mol. The first-order valence-electron chi connectivity index (χ1n) is 8.35. The number of hydrogen-bond donors (Lipinski definition) is 3. The molecule has 3 aromatic rings. The summed E-state index contributed by atoms with van der Waals surface area (Å²) in [5.74, 6) is -0.709. The van der Waals surface area contributed by atoms with E-state index in [2.05, 4.69) is 20.3 Å². The van der Waals surface area contributed by atoms with Gasteiger partial charge < -0.3 is 16.0 Å². The van der Waals surface area contributed by atoms with E-state index in [0.717, 1.165) is 29.7 Å². The van der Waals surface area contributed by atoms with Crippen LogP contribution in [-0.4, -0.2) is 32.0 Å². The lowest BCUT2D eigenvalue weighted by Crippen LogP contribution is -2.24. The highest BCUT2D eigenvalue weighted by atomic mass is 35.5. The molecule has 27 heavy (non-hydrogen) atoms. The molecular formula is C17H16ClN5O2S2. The number of primary amides is 1. The number of fused-ring (bicyclic) bond motifs is 2. The van der Waals surface area contributed by atoms with E-state index in [1.54, 1.807) is 13.0 Å². The summed E-state index contributed by atoms with van der Waals surface area (Å²) >= 11 is 8.65. The molecule has 0 radical (unpaired) electrons. The number of H-pyrrole nitrogens is 1. The third-order valence-corrected chi connectivity index (χ3v) is 6.74. The number of thiophene rings is 1. The van der Waals surface area contributed by atoms with Crippen LogP contribution in [0.2, 0.25) is 5.02 Å². The number of nitrogens with zero attached hydrogens (tertiary/aromatic N) is 2. The number of halogens is 1. The number of nitrogens with two attached hydrogens (primary N) is 1. The number of thioether (sulfide) groups is 1. The average Bonchev–Trinajstić information content (AvgIpc) is 3.27. The molecule has 4 rings (SSSR count). The normalized spacial score (nSPS) is 14.3. The number of imidazole rings is 1. The van der Waals surface area contributed by atoms with E-state index in [0.29, 0.717) is 31.9 Å². The zero-order chi connectivity index (χ0) is 19.1. The van der Waals surface area contributed by atoms with Crippen molar-refractivity contribution in [2.45, 2.75) is 36.6 Å². The van der Waals surface area contributed by atoms with Gasteiger partial charge in [0, 0.05) is 11.1 Å². The lowest BCUT2D eigenvalue weighted by Gasteiger charge is -2.10. The second kappa shape index (κ2) is 7.14. The molecule has 0 aromatic carbocycles. The van der Waals surface area contributed by atoms with Crippen molar-refractivity contribution < 1.29 is 9.59 Å². The topological polar surface area (TPSA) is 114 Å². The fourth-order valence-electron chi connectivity index (χ4n) is 3.10. The molecule has 0 saturated carbocycles. The first kappa shape index (κ1) is 18.3. The van der Waals surface area contributed by atoms with E-state index >= 15 is 0 Å². The van der Waals surface area contributed by atoms with E-state index in [1.807, 2.05) is 0 Å². The van der Waals surface area contributed by atoms with Crippen molar-refractivity contribution in [1.29, 1.82) is 0 Å². The molecule has 0 fully saturated rings. The van der Waals surface area contributed by atoms with Gasteiger partial charge in [-0.25, -0.2) is 9.97 Å². The van der Waals surface area contributed by atoms with Crippen LogP contribution >= 0.6 is 34.7 Å². The third kappa shape index (κ3) is 3.54. The number of rotatable bonds is 5. The van der Waals surface area contributed by atoms with Crippen molar-refractivity contribution in [2.24, 2.45) is 5.73 Å². The van der Waals surface area contributed by atoms with E-state index in [9.17, 15) is 9.59 Å². The highest BCUT2D eigenvalue weighted by molar-refractivity contribution is 8.00. The van der Waals surface area contributed by atoms with Crippen molar-refractivity contribution in [3.8, 4) is 0 Å². The van der Waals surface area contributed by atoms with Crippen molar-refractivity contribution in [1.82, 2.24) is 15.0 Å². The lowest BCUT2D eigenvalue weighted by molar-refractivity contribution is -0.115. The molecule has 1 atom stereocenters. The summed E-state index contributed by atoms with van der Waals surface area (Å²) in [6.45, 7) is 1.78. The molecule has 0 spiro atoms. The summed E-state index contributed by atoms with van der Waals surface area (Å²) in [6.07, 6.45) is 4.30. The summed E-state index contributed by atoms with van der Waals surface area (Å²) < 4.78 is 0. The van der Waals surface area contributed by atoms with Crippen LogP contribution < -0.4 is 11.1 Å². The molecule has 2 amide bonds. The van der Waals surface area contributed by atoms with Gasteiger partial charge in [-0.2, -0.15) is 0 Å². The largest absolute Gasteiger partial charge is 0.365 e. The highest BCUT2D eigenvalue weighted by Gasteiger charge is 2.27. The van der Waals surface area contributed by atoms with E-state index in [4.69, 9.17) is 17.3 Å². The van der Waals surface area contributed by atoms with Gasteiger partial charge in [0.25, 0.3) is 5.91 Å². The number of pyridine rings is 1. The van der Waals surface area contributed by atoms with E-state index in [1.165, 1.54) is 29.3 Å². The third-order valence-electron chi connectivity index (χ3n) is 4.34. The van der Waals surface area contributed by atoms with Crippen LogP contribution in [0.5, 0.6) is 0 Å². The molecule has 3 heterocycles. The predicted molar refractivity (Wildman–Crippen MR) is 108 cm³/mol. The Balaban J connectivity index is 1.50. The fraction of sp³-hybridized carbons (Fsp3) is 0.294. The van der Waals surface area contributed by atoms with Gasteiger partial charge in [0.1, 0.15) is 5.00 Å². The molecule has 3 aromatic heterocycles. The Hall–Kier alpha value is -2.10. The van der Waals surface area contributed by atoms with Crippen LogP contribution in [0.1, 0.15) is 34.1 Å². The number of anilines is 1. The Labute approximate surface area is 168 Å². The molecule has 0 saturated heterocycles. The lowest BCUT2D eigenvalue weighted by atomic mass is 10.1. The standard InChI is InChI=1S/C17H16ClN5O2S2/c1-7(26-17-21-10-5-8(18)6-20-14(10)22-17)15(25)23-16-12(13(19)24)9-3-2-4-11(9)27-16/h5-7H,2-4H2,1H3,(H2,19,24)(H,23,25)(H,20,21,22)/t7-/m1/s1. The smallest absolute Gasteiger partial charge is 0.251 e. The van der Waals surface area contributed by atoms with Gasteiger partial charge in [-0.05, 0) is 37.8 Å². The number of hydrogen-bond acceptors (Lipinski definition) is 6. The Morgan fingerprint density at radius 1 is 1.44 bits per heavy atom. The minimum absolute atomic E-state index is 0.214. The van der Waals surface area contributed by atoms with Crippen LogP contribution in [0, 0.1) is 0 Å². The van der Waals surface area contributed by atoms with Crippen molar-refractivity contribution in [3.05, 3.63) is 33.3 Å². The van der Waals surface area contributed by atoms with Gasteiger partial charge in [-0.15, -0.1) is 11.3 Å². The van der Waals surface area contributed by atoms with E-state index in [-0.39, 0.29) is 5.91 Å². The molecule has 10 heteroatoms.